The van der Waals surface area contributed by atoms with Gasteiger partial charge in [0, 0.05) is 46.4 Å². The van der Waals surface area contributed by atoms with E-state index in [1.807, 2.05) is 98.0 Å². The predicted octanol–water partition coefficient (Wildman–Crippen LogP) is 10.2. The molecule has 0 spiro atoms. The second kappa shape index (κ2) is 10.1. The Morgan fingerprint density at radius 2 is 1.53 bits per heavy atom. The average molecular weight is 615 g/mol. The minimum Gasteiger partial charge on any atom is -0.456 e. The third kappa shape index (κ3) is 4.07. The number of aryl methyl sites for hydroxylation is 1. The lowest BCUT2D eigenvalue weighted by atomic mass is 9.75. The summed E-state index contributed by atoms with van der Waals surface area (Å²) in [4.78, 5) is 9.67. The molecule has 0 saturated heterocycles. The zero-order valence-corrected chi connectivity index (χ0v) is 26.3. The molecule has 9 rings (SSSR count). The van der Waals surface area contributed by atoms with Crippen LogP contribution in [-0.2, 0) is 12.5 Å². The number of aromatic nitrogens is 4. The van der Waals surface area contributed by atoms with E-state index in [-0.39, 0.29) is 5.41 Å². The molecule has 0 bridgehead atoms. The molecule has 8 aromatic rings. The van der Waals surface area contributed by atoms with Crippen molar-refractivity contribution in [2.24, 2.45) is 7.05 Å². The van der Waals surface area contributed by atoms with Crippen LogP contribution in [0.15, 0.2) is 128 Å². The first-order valence-corrected chi connectivity index (χ1v) is 15.9. The maximum atomic E-state index is 16.5. The fourth-order valence-electron chi connectivity index (χ4n) is 7.34. The fourth-order valence-corrected chi connectivity index (χ4v) is 7.34. The monoisotopic (exact) mass is 614 g/mol. The molecule has 228 valence electrons. The third-order valence-corrected chi connectivity index (χ3v) is 9.74. The summed E-state index contributed by atoms with van der Waals surface area (Å²) in [5.41, 5.74) is 8.63. The molecule has 5 nitrogen and oxygen atoms in total. The van der Waals surface area contributed by atoms with Gasteiger partial charge in [-0.25, -0.2) is 14.4 Å². The van der Waals surface area contributed by atoms with Gasteiger partial charge in [0.25, 0.3) is 0 Å². The summed E-state index contributed by atoms with van der Waals surface area (Å²) in [5, 5.41) is 2.00. The average Bonchev–Trinajstić information content (AvgIpc) is 3.63. The van der Waals surface area contributed by atoms with Gasteiger partial charge >= 0.3 is 0 Å². The van der Waals surface area contributed by atoms with Gasteiger partial charge in [-0.1, -0.05) is 80.6 Å². The molecular formula is C41H31FN4O. The maximum Gasteiger partial charge on any atom is 0.150 e. The van der Waals surface area contributed by atoms with Crippen molar-refractivity contribution in [2.75, 3.05) is 0 Å². The molecule has 0 fully saturated rings. The van der Waals surface area contributed by atoms with Crippen molar-refractivity contribution in [3.63, 3.8) is 0 Å². The van der Waals surface area contributed by atoms with Crippen molar-refractivity contribution in [1.82, 2.24) is 19.1 Å². The van der Waals surface area contributed by atoms with Crippen LogP contribution in [0.2, 0.25) is 0 Å². The number of benzene rings is 5. The Bertz CT molecular complexity index is 2520. The Labute approximate surface area is 271 Å². The third-order valence-electron chi connectivity index (χ3n) is 9.74. The number of nitrogens with zero attached hydrogens (tertiary/aromatic N) is 4. The summed E-state index contributed by atoms with van der Waals surface area (Å²) in [6, 6.07) is 40.0. The van der Waals surface area contributed by atoms with Crippen molar-refractivity contribution in [1.29, 1.82) is 0 Å². The van der Waals surface area contributed by atoms with Gasteiger partial charge in [0.2, 0.25) is 0 Å². The maximum absolute atomic E-state index is 16.5. The van der Waals surface area contributed by atoms with Gasteiger partial charge in [-0.15, -0.1) is 0 Å². The largest absolute Gasteiger partial charge is 0.456 e. The van der Waals surface area contributed by atoms with Crippen molar-refractivity contribution < 1.29 is 9.13 Å². The Morgan fingerprint density at radius 3 is 2.40 bits per heavy atom. The molecule has 0 radical (unpaired) electrons. The van der Waals surface area contributed by atoms with Gasteiger partial charge < -0.3 is 9.30 Å². The van der Waals surface area contributed by atoms with Crippen LogP contribution in [0.1, 0.15) is 42.3 Å². The molecule has 1 unspecified atom stereocenters. The summed E-state index contributed by atoms with van der Waals surface area (Å²) in [6.07, 6.45) is 0.470. The predicted molar refractivity (Wildman–Crippen MR) is 186 cm³/mol. The molecule has 1 aliphatic rings. The Kier molecular flexibility index (Phi) is 5.94. The molecule has 47 heavy (non-hydrogen) atoms. The van der Waals surface area contributed by atoms with Crippen molar-refractivity contribution in [3.8, 4) is 28.6 Å². The summed E-state index contributed by atoms with van der Waals surface area (Å²) in [6.45, 7) is 4.49. The van der Waals surface area contributed by atoms with E-state index >= 15 is 4.39 Å². The van der Waals surface area contributed by atoms with E-state index in [0.717, 1.165) is 72.7 Å². The molecule has 6 heteroatoms. The van der Waals surface area contributed by atoms with Crippen LogP contribution in [0.5, 0.6) is 11.5 Å². The standard InChI is InChI=1S/C41H31FN4O/c1-41(2)30-16-4-7-19-35(30)47-38-31(41)20-21-34-36(38)29-15-10-22-43-40(29)46(34)28-14-9-12-26(24-28)37(42)25-11-8-13-27(23-25)39-44-32-17-5-6-18-33(32)45(39)3/h4-24,37H,1-3H3. The first-order chi connectivity index (χ1) is 22.9. The van der Waals surface area contributed by atoms with Crippen LogP contribution in [0.3, 0.4) is 0 Å². The van der Waals surface area contributed by atoms with Crippen LogP contribution in [0.4, 0.5) is 4.39 Å². The van der Waals surface area contributed by atoms with Crippen molar-refractivity contribution in [2.45, 2.75) is 25.4 Å². The van der Waals surface area contributed by atoms with Crippen LogP contribution in [0.25, 0.3) is 50.0 Å². The highest BCUT2D eigenvalue weighted by Gasteiger charge is 2.36. The molecule has 0 aliphatic carbocycles. The summed E-state index contributed by atoms with van der Waals surface area (Å²) < 4.78 is 27.3. The number of hydrogen-bond donors (Lipinski definition) is 0. The molecule has 0 N–H and O–H groups in total. The van der Waals surface area contributed by atoms with Crippen molar-refractivity contribution in [3.05, 3.63) is 150 Å². The van der Waals surface area contributed by atoms with Crippen LogP contribution in [0, 0.1) is 0 Å². The number of ether oxygens (including phenoxy) is 1. The van der Waals surface area contributed by atoms with E-state index < -0.39 is 6.17 Å². The number of para-hydroxylation sites is 3. The quantitative estimate of drug-likeness (QED) is 0.198. The number of alkyl halides is 1. The Hall–Kier alpha value is -5.75. The molecule has 1 aliphatic heterocycles. The normalized spacial score (nSPS) is 14.2. The zero-order chi connectivity index (χ0) is 31.9. The molecule has 3 aromatic heterocycles. The lowest BCUT2D eigenvalue weighted by Crippen LogP contribution is -2.24. The highest BCUT2D eigenvalue weighted by Crippen LogP contribution is 2.52. The molecule has 0 saturated carbocycles. The van der Waals surface area contributed by atoms with Gasteiger partial charge in [0.05, 0.1) is 21.9 Å². The second-order valence-corrected chi connectivity index (χ2v) is 12.8. The summed E-state index contributed by atoms with van der Waals surface area (Å²) >= 11 is 0. The van der Waals surface area contributed by atoms with Crippen LogP contribution < -0.4 is 4.74 Å². The van der Waals surface area contributed by atoms with E-state index in [4.69, 9.17) is 14.7 Å². The van der Waals surface area contributed by atoms with Gasteiger partial charge in [0.1, 0.15) is 23.0 Å². The smallest absolute Gasteiger partial charge is 0.150 e. The fraction of sp³-hybridized carbons (Fsp3) is 0.122. The lowest BCUT2D eigenvalue weighted by Gasteiger charge is -2.34. The number of rotatable bonds is 4. The number of fused-ring (bicyclic) bond motifs is 7. The van der Waals surface area contributed by atoms with Gasteiger partial charge in [-0.2, -0.15) is 0 Å². The number of imidazole rings is 1. The van der Waals surface area contributed by atoms with E-state index in [1.54, 1.807) is 6.20 Å². The minimum absolute atomic E-state index is 0.243. The van der Waals surface area contributed by atoms with Crippen molar-refractivity contribution >= 4 is 33.0 Å². The summed E-state index contributed by atoms with van der Waals surface area (Å²) in [7, 11) is 2.00. The Morgan fingerprint density at radius 1 is 0.745 bits per heavy atom. The topological polar surface area (TPSA) is 44.9 Å². The van der Waals surface area contributed by atoms with Crippen LogP contribution in [-0.4, -0.2) is 19.1 Å². The molecule has 0 amide bonds. The molecule has 1 atom stereocenters. The highest BCUT2D eigenvalue weighted by molar-refractivity contribution is 6.12. The second-order valence-electron chi connectivity index (χ2n) is 12.8. The number of hydrogen-bond acceptors (Lipinski definition) is 3. The number of pyridine rings is 1. The van der Waals surface area contributed by atoms with Crippen LogP contribution >= 0.6 is 0 Å². The lowest BCUT2D eigenvalue weighted by molar-refractivity contribution is 0.402. The van der Waals surface area contributed by atoms with Gasteiger partial charge in [0.15, 0.2) is 6.17 Å². The number of halogens is 1. The van der Waals surface area contributed by atoms with E-state index in [9.17, 15) is 0 Å². The van der Waals surface area contributed by atoms with E-state index in [2.05, 4.69) is 53.3 Å². The minimum atomic E-state index is -1.33. The Balaban J connectivity index is 1.16. The SMILES string of the molecule is Cn1c(-c2cccc(C(F)c3cccc(-n4c5ccc6c(c5c5cccnc54)Oc4ccccc4C6(C)C)c3)c2)nc2ccccc21. The molecular weight excluding hydrogens is 583 g/mol. The van der Waals surface area contributed by atoms with Gasteiger partial charge in [-0.3, -0.25) is 4.57 Å². The first kappa shape index (κ1) is 27.6. The van der Waals surface area contributed by atoms with E-state index in [1.165, 1.54) is 0 Å². The highest BCUT2D eigenvalue weighted by atomic mass is 19.1. The van der Waals surface area contributed by atoms with E-state index in [0.29, 0.717) is 11.1 Å². The molecule has 5 aromatic carbocycles. The molecule has 4 heterocycles. The van der Waals surface area contributed by atoms with Gasteiger partial charge in [-0.05, 0) is 65.7 Å². The summed E-state index contributed by atoms with van der Waals surface area (Å²) in [5.74, 6) is 2.52. The first-order valence-electron chi connectivity index (χ1n) is 15.9. The zero-order valence-electron chi connectivity index (χ0n) is 26.3.